The Kier molecular flexibility index (Phi) is 13.7. The molecule has 0 saturated carbocycles. The van der Waals surface area contributed by atoms with E-state index in [-0.39, 0.29) is 90.5 Å². The molecule has 0 amide bonds. The van der Waals surface area contributed by atoms with Crippen LogP contribution in [0.2, 0.25) is 0 Å². The van der Waals surface area contributed by atoms with Crippen molar-refractivity contribution in [2.45, 2.75) is 24.7 Å². The van der Waals surface area contributed by atoms with Gasteiger partial charge in [-0.1, -0.05) is 133 Å². The predicted octanol–water partition coefficient (Wildman–Crippen LogP) is 19.6. The van der Waals surface area contributed by atoms with Crippen LogP contribution in [-0.4, -0.2) is 24.5 Å². The molecule has 0 aliphatic heterocycles. The minimum atomic E-state index is -5.24. The summed E-state index contributed by atoms with van der Waals surface area (Å²) in [4.78, 5) is 20.3. The quantitative estimate of drug-likeness (QED) is 0.135. The second-order valence-electron chi connectivity index (χ2n) is 19.8. The second-order valence-corrected chi connectivity index (χ2v) is 19.8. The van der Waals surface area contributed by atoms with Crippen LogP contribution in [-0.2, 0) is 24.7 Å². The number of halogens is 12. The number of nitriles is 1. The normalized spacial score (nSPS) is 12.2. The van der Waals surface area contributed by atoms with E-state index in [0.717, 1.165) is 0 Å². The fourth-order valence-electron chi connectivity index (χ4n) is 10.3. The van der Waals surface area contributed by atoms with Crippen LogP contribution >= 0.6 is 0 Å². The number of hydrogen-bond donors (Lipinski definition) is 0. The summed E-state index contributed by atoms with van der Waals surface area (Å²) >= 11 is 0. The van der Waals surface area contributed by atoms with Crippen LogP contribution in [0.4, 0.5) is 52.7 Å². The van der Waals surface area contributed by atoms with Gasteiger partial charge in [0.25, 0.3) is 0 Å². The Bertz CT molecular complexity index is 4130. The summed E-state index contributed by atoms with van der Waals surface area (Å²) in [6.07, 6.45) is -21.0. The third-order valence-electron chi connectivity index (χ3n) is 14.3. The lowest BCUT2D eigenvalue weighted by Gasteiger charge is -2.20. The summed E-state index contributed by atoms with van der Waals surface area (Å²) in [5.41, 5.74) is -2.73. The van der Waals surface area contributed by atoms with Crippen LogP contribution in [0.5, 0.6) is 0 Å². The van der Waals surface area contributed by atoms with Gasteiger partial charge < -0.3 is 4.57 Å². The highest BCUT2D eigenvalue weighted by molar-refractivity contribution is 6.13. The standard InChI is InChI=1S/C67H36F12N6/c68-64(69,70)47-27-45(28-48(33-47)65(71,72)73)43-21-23-59-51(31-43)52-32-44(46-29-49(66(74,75)76)34-50(30-46)67(77,78)79)22-24-60(52)85(59)61-53(57-35-55(39-13-5-1-6-14-39)81-62(83-57)41-17-9-3-10-18-41)25-38(37-80)26-54(61)58-36-56(40-15-7-2-8-16-40)82-63(84-58)42-19-11-4-12-20-42/h1-36H. The molecule has 0 aliphatic carbocycles. The van der Waals surface area contributed by atoms with Gasteiger partial charge in [-0.3, -0.25) is 0 Å². The van der Waals surface area contributed by atoms with E-state index in [2.05, 4.69) is 6.07 Å². The summed E-state index contributed by atoms with van der Waals surface area (Å²) in [6, 6.07) is 55.3. The minimum Gasteiger partial charge on any atom is -0.308 e. The van der Waals surface area contributed by atoms with Gasteiger partial charge >= 0.3 is 24.7 Å². The van der Waals surface area contributed by atoms with Gasteiger partial charge in [0, 0.05) is 44.2 Å². The maximum Gasteiger partial charge on any atom is 0.416 e. The molecule has 3 aromatic heterocycles. The Labute approximate surface area is 475 Å². The molecule has 0 atom stereocenters. The van der Waals surface area contributed by atoms with Crippen LogP contribution in [0.15, 0.2) is 218 Å². The number of benzene rings is 9. The van der Waals surface area contributed by atoms with E-state index in [1.807, 2.05) is 72.8 Å². The van der Waals surface area contributed by atoms with Gasteiger partial charge in [-0.2, -0.15) is 57.9 Å². The van der Waals surface area contributed by atoms with E-state index in [4.69, 9.17) is 19.9 Å². The van der Waals surface area contributed by atoms with Crippen molar-refractivity contribution in [2.24, 2.45) is 0 Å². The molecule has 18 heteroatoms. The van der Waals surface area contributed by atoms with E-state index in [9.17, 15) is 57.9 Å². The maximum atomic E-state index is 14.5. The first kappa shape index (κ1) is 55.1. The predicted molar refractivity (Wildman–Crippen MR) is 300 cm³/mol. The molecule has 418 valence electrons. The first-order valence-corrected chi connectivity index (χ1v) is 25.8. The maximum absolute atomic E-state index is 14.5. The molecule has 0 unspecified atom stereocenters. The molecule has 3 heterocycles. The van der Waals surface area contributed by atoms with Gasteiger partial charge in [-0.25, -0.2) is 19.9 Å². The molecule has 12 aromatic rings. The lowest BCUT2D eigenvalue weighted by Crippen LogP contribution is -2.11. The molecular weight excluding hydrogens is 1120 g/mol. The molecule has 85 heavy (non-hydrogen) atoms. The Hall–Kier alpha value is -10.4. The monoisotopic (exact) mass is 1150 g/mol. The third-order valence-corrected chi connectivity index (χ3v) is 14.3. The number of rotatable bonds is 9. The first-order valence-electron chi connectivity index (χ1n) is 25.8. The molecule has 6 nitrogen and oxygen atoms in total. The zero-order chi connectivity index (χ0) is 59.6. The Morgan fingerprint density at radius 3 is 0.941 bits per heavy atom. The van der Waals surface area contributed by atoms with E-state index < -0.39 is 58.1 Å². The fraction of sp³-hybridized carbons (Fsp3) is 0.0597. The van der Waals surface area contributed by atoms with E-state index in [1.54, 1.807) is 77.4 Å². The van der Waals surface area contributed by atoms with Crippen molar-refractivity contribution in [2.75, 3.05) is 0 Å². The molecule has 0 fully saturated rings. The van der Waals surface area contributed by atoms with Crippen molar-refractivity contribution < 1.29 is 52.7 Å². The Morgan fingerprint density at radius 2 is 0.624 bits per heavy atom. The van der Waals surface area contributed by atoms with Crippen LogP contribution in [0, 0.1) is 11.3 Å². The van der Waals surface area contributed by atoms with Crippen molar-refractivity contribution in [1.82, 2.24) is 24.5 Å². The molecule has 9 aromatic carbocycles. The molecule has 0 bridgehead atoms. The summed E-state index contributed by atoms with van der Waals surface area (Å²) < 4.78 is 175. The second kappa shape index (κ2) is 21.1. The average Bonchev–Trinajstić information content (AvgIpc) is 1.86. The highest BCUT2D eigenvalue weighted by Gasteiger charge is 2.39. The summed E-state index contributed by atoms with van der Waals surface area (Å²) in [5.74, 6) is 0.503. The number of fused-ring (bicyclic) bond motifs is 3. The van der Waals surface area contributed by atoms with Crippen molar-refractivity contribution in [3.63, 3.8) is 0 Å². The van der Waals surface area contributed by atoms with Gasteiger partial charge in [-0.15, -0.1) is 0 Å². The molecule has 0 saturated heterocycles. The van der Waals surface area contributed by atoms with E-state index in [1.165, 1.54) is 36.4 Å². The van der Waals surface area contributed by atoms with Gasteiger partial charge in [0.15, 0.2) is 11.6 Å². The van der Waals surface area contributed by atoms with Crippen molar-refractivity contribution >= 4 is 21.8 Å². The number of alkyl halides is 12. The van der Waals surface area contributed by atoms with Crippen molar-refractivity contribution in [3.8, 4) is 102 Å². The van der Waals surface area contributed by atoms with E-state index in [0.29, 0.717) is 57.9 Å². The van der Waals surface area contributed by atoms with Crippen LogP contribution in [0.3, 0.4) is 0 Å². The number of hydrogen-bond acceptors (Lipinski definition) is 5. The van der Waals surface area contributed by atoms with Gasteiger partial charge in [0.2, 0.25) is 0 Å². The Morgan fingerprint density at radius 1 is 0.306 bits per heavy atom. The third kappa shape index (κ3) is 11.0. The summed E-state index contributed by atoms with van der Waals surface area (Å²) in [7, 11) is 0. The van der Waals surface area contributed by atoms with Crippen molar-refractivity contribution in [3.05, 3.63) is 246 Å². The Balaban J connectivity index is 1.24. The van der Waals surface area contributed by atoms with Crippen LogP contribution in [0.1, 0.15) is 27.8 Å². The SMILES string of the molecule is N#Cc1cc(-c2cc(-c3ccccc3)nc(-c3ccccc3)n2)c(-n2c3ccc(-c4cc(C(F)(F)F)cc(C(F)(F)F)c4)cc3c3cc(-c4cc(C(F)(F)F)cc(C(F)(F)F)c4)ccc32)c(-c2cc(-c3ccccc3)nc(-c3ccccc3)n2)c1. The fourth-order valence-corrected chi connectivity index (χ4v) is 10.3. The topological polar surface area (TPSA) is 80.3 Å². The average molecular weight is 1150 g/mol. The van der Waals surface area contributed by atoms with Crippen LogP contribution < -0.4 is 0 Å². The largest absolute Gasteiger partial charge is 0.416 e. The smallest absolute Gasteiger partial charge is 0.308 e. The van der Waals surface area contributed by atoms with Crippen molar-refractivity contribution in [1.29, 1.82) is 5.26 Å². The molecule has 0 spiro atoms. The van der Waals surface area contributed by atoms with Gasteiger partial charge in [-0.05, 0) is 107 Å². The number of nitrogens with zero attached hydrogens (tertiary/aromatic N) is 6. The van der Waals surface area contributed by atoms with E-state index >= 15 is 0 Å². The van der Waals surface area contributed by atoms with Gasteiger partial charge in [0.1, 0.15) is 0 Å². The zero-order valence-electron chi connectivity index (χ0n) is 43.5. The van der Waals surface area contributed by atoms with Gasteiger partial charge in [0.05, 0.1) is 73.4 Å². The molecule has 0 N–H and O–H groups in total. The zero-order valence-corrected chi connectivity index (χ0v) is 43.5. The highest BCUT2D eigenvalue weighted by Crippen LogP contribution is 2.47. The molecule has 0 radical (unpaired) electrons. The minimum absolute atomic E-state index is 0.0164. The summed E-state index contributed by atoms with van der Waals surface area (Å²) in [6.45, 7) is 0. The van der Waals surface area contributed by atoms with Crippen LogP contribution in [0.25, 0.3) is 118 Å². The molecule has 12 rings (SSSR count). The highest BCUT2D eigenvalue weighted by atomic mass is 19.4. The first-order chi connectivity index (χ1) is 40.6. The number of aromatic nitrogens is 5. The molecular formula is C67H36F12N6. The lowest BCUT2D eigenvalue weighted by atomic mass is 9.95. The summed E-state index contributed by atoms with van der Waals surface area (Å²) in [5, 5.41) is 11.2. The lowest BCUT2D eigenvalue weighted by molar-refractivity contribution is -0.144. The molecule has 0 aliphatic rings.